The minimum absolute atomic E-state index is 0.168. The highest BCUT2D eigenvalue weighted by atomic mass is 16.5. The molecule has 0 saturated carbocycles. The van der Waals surface area contributed by atoms with E-state index in [2.05, 4.69) is 12.1 Å². The van der Waals surface area contributed by atoms with E-state index in [0.29, 0.717) is 0 Å². The summed E-state index contributed by atoms with van der Waals surface area (Å²) in [4.78, 5) is 10.8. The standard InChI is InChI=1S/C16H24O3/c1-12(2)19-14-7-5-13(6-8-14)9-10-16(3,4)11-15(17)18/h5-8,12H,9-11H2,1-4H3,(H,17,18). The number of rotatable bonds is 7. The van der Waals surface area contributed by atoms with Crippen LogP contribution in [0.1, 0.15) is 46.1 Å². The van der Waals surface area contributed by atoms with Gasteiger partial charge in [-0.3, -0.25) is 4.79 Å². The lowest BCUT2D eigenvalue weighted by molar-refractivity contribution is -0.139. The van der Waals surface area contributed by atoms with Crippen molar-refractivity contribution in [2.45, 2.75) is 53.1 Å². The Morgan fingerprint density at radius 2 is 1.84 bits per heavy atom. The van der Waals surface area contributed by atoms with Gasteiger partial charge < -0.3 is 9.84 Å². The van der Waals surface area contributed by atoms with Gasteiger partial charge >= 0.3 is 5.97 Å². The predicted octanol–water partition coefficient (Wildman–Crippen LogP) is 3.91. The van der Waals surface area contributed by atoms with Crippen molar-refractivity contribution in [1.82, 2.24) is 0 Å². The van der Waals surface area contributed by atoms with Crippen molar-refractivity contribution in [3.8, 4) is 5.75 Å². The molecule has 3 heteroatoms. The summed E-state index contributed by atoms with van der Waals surface area (Å²) in [6, 6.07) is 8.04. The van der Waals surface area contributed by atoms with E-state index in [4.69, 9.17) is 9.84 Å². The first kappa shape index (κ1) is 15.5. The van der Waals surface area contributed by atoms with Crippen LogP contribution in [0.4, 0.5) is 0 Å². The lowest BCUT2D eigenvalue weighted by Crippen LogP contribution is -2.17. The molecule has 1 rings (SSSR count). The van der Waals surface area contributed by atoms with Gasteiger partial charge in [0.1, 0.15) is 5.75 Å². The molecule has 1 aromatic carbocycles. The maximum atomic E-state index is 10.8. The quantitative estimate of drug-likeness (QED) is 0.812. The Labute approximate surface area is 115 Å². The van der Waals surface area contributed by atoms with Crippen LogP contribution >= 0.6 is 0 Å². The van der Waals surface area contributed by atoms with Crippen LogP contribution in [0.25, 0.3) is 0 Å². The summed E-state index contributed by atoms with van der Waals surface area (Å²) in [6.45, 7) is 8.00. The van der Waals surface area contributed by atoms with Gasteiger partial charge in [-0.25, -0.2) is 0 Å². The van der Waals surface area contributed by atoms with Crippen LogP contribution in [-0.2, 0) is 11.2 Å². The first-order valence-electron chi connectivity index (χ1n) is 6.76. The van der Waals surface area contributed by atoms with E-state index in [0.717, 1.165) is 18.6 Å². The van der Waals surface area contributed by atoms with E-state index < -0.39 is 5.97 Å². The summed E-state index contributed by atoms with van der Waals surface area (Å²) in [7, 11) is 0. The minimum atomic E-state index is -0.731. The Hall–Kier alpha value is -1.51. The van der Waals surface area contributed by atoms with Gasteiger partial charge in [-0.05, 0) is 49.8 Å². The van der Waals surface area contributed by atoms with Crippen LogP contribution in [0.5, 0.6) is 5.75 Å². The van der Waals surface area contributed by atoms with Gasteiger partial charge in [0.15, 0.2) is 0 Å². The Kier molecular flexibility index (Phi) is 5.40. The van der Waals surface area contributed by atoms with Gasteiger partial charge in [0, 0.05) is 0 Å². The average Bonchev–Trinajstić information content (AvgIpc) is 2.25. The third kappa shape index (κ3) is 6.27. The first-order chi connectivity index (χ1) is 8.78. The number of aliphatic carboxylic acids is 1. The molecular weight excluding hydrogens is 240 g/mol. The molecule has 0 aliphatic carbocycles. The maximum absolute atomic E-state index is 10.8. The maximum Gasteiger partial charge on any atom is 0.303 e. The van der Waals surface area contributed by atoms with E-state index in [1.54, 1.807) is 0 Å². The van der Waals surface area contributed by atoms with Crippen molar-refractivity contribution in [2.75, 3.05) is 0 Å². The van der Waals surface area contributed by atoms with Crippen molar-refractivity contribution < 1.29 is 14.6 Å². The zero-order valence-corrected chi connectivity index (χ0v) is 12.3. The van der Waals surface area contributed by atoms with Gasteiger partial charge in [0.25, 0.3) is 0 Å². The third-order valence-corrected chi connectivity index (χ3v) is 3.02. The van der Waals surface area contributed by atoms with Crippen molar-refractivity contribution in [3.63, 3.8) is 0 Å². The van der Waals surface area contributed by atoms with E-state index in [1.807, 2.05) is 39.8 Å². The highest BCUT2D eigenvalue weighted by Gasteiger charge is 2.21. The summed E-state index contributed by atoms with van der Waals surface area (Å²) in [5.74, 6) is 0.147. The smallest absolute Gasteiger partial charge is 0.303 e. The minimum Gasteiger partial charge on any atom is -0.491 e. The topological polar surface area (TPSA) is 46.5 Å². The zero-order chi connectivity index (χ0) is 14.5. The van der Waals surface area contributed by atoms with Crippen molar-refractivity contribution in [2.24, 2.45) is 5.41 Å². The lowest BCUT2D eigenvalue weighted by Gasteiger charge is -2.22. The molecule has 0 bridgehead atoms. The second kappa shape index (κ2) is 6.60. The second-order valence-corrected chi connectivity index (χ2v) is 6.05. The summed E-state index contributed by atoms with van der Waals surface area (Å²) in [5.41, 5.74) is 1.05. The van der Waals surface area contributed by atoms with Crippen LogP contribution in [0.15, 0.2) is 24.3 Å². The van der Waals surface area contributed by atoms with Crippen LogP contribution in [0.3, 0.4) is 0 Å². The number of carbonyl (C=O) groups is 1. The van der Waals surface area contributed by atoms with Gasteiger partial charge in [-0.2, -0.15) is 0 Å². The van der Waals surface area contributed by atoms with E-state index in [-0.39, 0.29) is 17.9 Å². The second-order valence-electron chi connectivity index (χ2n) is 6.05. The Morgan fingerprint density at radius 3 is 2.32 bits per heavy atom. The largest absolute Gasteiger partial charge is 0.491 e. The number of aryl methyl sites for hydroxylation is 1. The molecular formula is C16H24O3. The predicted molar refractivity (Wildman–Crippen MR) is 76.6 cm³/mol. The number of ether oxygens (including phenoxy) is 1. The number of hydrogen-bond acceptors (Lipinski definition) is 2. The molecule has 0 radical (unpaired) electrons. The molecule has 0 unspecified atom stereocenters. The molecule has 0 atom stereocenters. The molecule has 106 valence electrons. The normalized spacial score (nSPS) is 11.6. The first-order valence-corrected chi connectivity index (χ1v) is 6.76. The molecule has 0 saturated heterocycles. The monoisotopic (exact) mass is 264 g/mol. The van der Waals surface area contributed by atoms with Gasteiger partial charge in [-0.1, -0.05) is 26.0 Å². The van der Waals surface area contributed by atoms with Crippen molar-refractivity contribution >= 4 is 5.97 Å². The molecule has 3 nitrogen and oxygen atoms in total. The molecule has 0 fully saturated rings. The van der Waals surface area contributed by atoms with E-state index in [9.17, 15) is 4.79 Å². The molecule has 1 N–H and O–H groups in total. The van der Waals surface area contributed by atoms with Crippen LogP contribution in [-0.4, -0.2) is 17.2 Å². The summed E-state index contributed by atoms with van der Waals surface area (Å²) in [5, 5.41) is 8.85. The lowest BCUT2D eigenvalue weighted by atomic mass is 9.83. The van der Waals surface area contributed by atoms with E-state index in [1.165, 1.54) is 5.56 Å². The van der Waals surface area contributed by atoms with Crippen LogP contribution in [0, 0.1) is 5.41 Å². The summed E-state index contributed by atoms with van der Waals surface area (Å²) >= 11 is 0. The van der Waals surface area contributed by atoms with Gasteiger partial charge in [0.2, 0.25) is 0 Å². The highest BCUT2D eigenvalue weighted by molar-refractivity contribution is 5.67. The van der Waals surface area contributed by atoms with Crippen LogP contribution < -0.4 is 4.74 Å². The molecule has 0 spiro atoms. The number of benzene rings is 1. The molecule has 0 amide bonds. The Balaban J connectivity index is 2.52. The third-order valence-electron chi connectivity index (χ3n) is 3.02. The number of carboxylic acid groups (broad SMARTS) is 1. The summed E-state index contributed by atoms with van der Waals surface area (Å²) < 4.78 is 5.59. The number of carboxylic acids is 1. The van der Waals surface area contributed by atoms with Crippen molar-refractivity contribution in [1.29, 1.82) is 0 Å². The zero-order valence-electron chi connectivity index (χ0n) is 12.3. The molecule has 0 aliphatic rings. The molecule has 0 aromatic heterocycles. The molecule has 1 aromatic rings. The average molecular weight is 264 g/mol. The molecule has 19 heavy (non-hydrogen) atoms. The van der Waals surface area contributed by atoms with Crippen LogP contribution in [0.2, 0.25) is 0 Å². The SMILES string of the molecule is CC(C)Oc1ccc(CCC(C)(C)CC(=O)O)cc1. The summed E-state index contributed by atoms with van der Waals surface area (Å²) in [6.07, 6.45) is 2.15. The van der Waals surface area contributed by atoms with E-state index >= 15 is 0 Å². The fraction of sp³-hybridized carbons (Fsp3) is 0.562. The fourth-order valence-corrected chi connectivity index (χ4v) is 1.99. The Morgan fingerprint density at radius 1 is 1.26 bits per heavy atom. The van der Waals surface area contributed by atoms with Gasteiger partial charge in [-0.15, -0.1) is 0 Å². The highest BCUT2D eigenvalue weighted by Crippen LogP contribution is 2.27. The fourth-order valence-electron chi connectivity index (χ4n) is 1.99. The Bertz CT molecular complexity index is 405. The van der Waals surface area contributed by atoms with Crippen molar-refractivity contribution in [3.05, 3.63) is 29.8 Å². The molecule has 0 aliphatic heterocycles. The number of hydrogen-bond donors (Lipinski definition) is 1. The molecule has 0 heterocycles. The van der Waals surface area contributed by atoms with Gasteiger partial charge in [0.05, 0.1) is 12.5 Å².